The number of H-pyrrole nitrogens is 2. The Morgan fingerprint density at radius 1 is 1.24 bits per heavy atom. The minimum Gasteiger partial charge on any atom is -0.348 e. The van der Waals surface area contributed by atoms with Gasteiger partial charge in [-0.15, -0.1) is 0 Å². The number of benzene rings is 1. The van der Waals surface area contributed by atoms with E-state index in [2.05, 4.69) is 15.0 Å². The predicted molar refractivity (Wildman–Crippen MR) is 66.0 cm³/mol. The second-order valence-corrected chi connectivity index (χ2v) is 3.96. The Kier molecular flexibility index (Phi) is 2.26. The van der Waals surface area contributed by atoms with Crippen LogP contribution >= 0.6 is 0 Å². The minimum atomic E-state index is -0.0432. The van der Waals surface area contributed by atoms with Gasteiger partial charge in [-0.2, -0.15) is 0 Å². The number of hydrogen-bond acceptors (Lipinski definition) is 2. The molecule has 0 bridgehead atoms. The molecule has 0 aliphatic rings. The molecule has 0 spiro atoms. The van der Waals surface area contributed by atoms with E-state index in [1.165, 1.54) is 0 Å². The SMILES string of the molecule is O=c1[nH]c2ccccc2cc1Cc1cnc[nH]1. The molecule has 3 aromatic rings. The quantitative estimate of drug-likeness (QED) is 0.699. The van der Waals surface area contributed by atoms with E-state index in [1.54, 1.807) is 12.5 Å². The number of aromatic nitrogens is 3. The third-order valence-corrected chi connectivity index (χ3v) is 2.77. The lowest BCUT2D eigenvalue weighted by Gasteiger charge is -2.01. The van der Waals surface area contributed by atoms with E-state index in [-0.39, 0.29) is 5.56 Å². The number of pyridine rings is 1. The van der Waals surface area contributed by atoms with E-state index in [0.717, 1.165) is 22.2 Å². The van der Waals surface area contributed by atoms with Gasteiger partial charge < -0.3 is 9.97 Å². The summed E-state index contributed by atoms with van der Waals surface area (Å²) in [5.41, 5.74) is 2.50. The molecule has 4 nitrogen and oxygen atoms in total. The fourth-order valence-corrected chi connectivity index (χ4v) is 1.91. The first-order valence-electron chi connectivity index (χ1n) is 5.41. The fourth-order valence-electron chi connectivity index (χ4n) is 1.91. The molecule has 17 heavy (non-hydrogen) atoms. The Labute approximate surface area is 97.3 Å². The normalized spacial score (nSPS) is 10.8. The fraction of sp³-hybridized carbons (Fsp3) is 0.0769. The van der Waals surface area contributed by atoms with E-state index >= 15 is 0 Å². The summed E-state index contributed by atoms with van der Waals surface area (Å²) >= 11 is 0. The highest BCUT2D eigenvalue weighted by Gasteiger charge is 2.04. The van der Waals surface area contributed by atoms with Gasteiger partial charge in [0.15, 0.2) is 0 Å². The molecule has 4 heteroatoms. The Balaban J connectivity index is 2.10. The van der Waals surface area contributed by atoms with Crippen molar-refractivity contribution in [1.82, 2.24) is 15.0 Å². The van der Waals surface area contributed by atoms with Gasteiger partial charge in [0.25, 0.3) is 5.56 Å². The van der Waals surface area contributed by atoms with Crippen LogP contribution in [-0.4, -0.2) is 15.0 Å². The standard InChI is InChI=1S/C13H11N3O/c17-13-10(6-11-7-14-8-15-11)5-9-3-1-2-4-12(9)16-13/h1-5,7-8H,6H2,(H,14,15)(H,16,17). The number of fused-ring (bicyclic) bond motifs is 1. The van der Waals surface area contributed by atoms with Crippen LogP contribution in [0.2, 0.25) is 0 Å². The third kappa shape index (κ3) is 1.85. The number of nitrogens with zero attached hydrogens (tertiary/aromatic N) is 1. The monoisotopic (exact) mass is 225 g/mol. The van der Waals surface area contributed by atoms with Gasteiger partial charge in [-0.25, -0.2) is 4.98 Å². The number of hydrogen-bond donors (Lipinski definition) is 2. The summed E-state index contributed by atoms with van der Waals surface area (Å²) in [6.07, 6.45) is 3.92. The van der Waals surface area contributed by atoms with Crippen molar-refractivity contribution in [3.8, 4) is 0 Å². The van der Waals surface area contributed by atoms with Gasteiger partial charge in [-0.1, -0.05) is 18.2 Å². The van der Waals surface area contributed by atoms with Crippen molar-refractivity contribution in [2.24, 2.45) is 0 Å². The van der Waals surface area contributed by atoms with Gasteiger partial charge in [0.05, 0.1) is 6.33 Å². The molecule has 1 aromatic carbocycles. The Hall–Kier alpha value is -2.36. The smallest absolute Gasteiger partial charge is 0.252 e. The zero-order chi connectivity index (χ0) is 11.7. The van der Waals surface area contributed by atoms with Crippen molar-refractivity contribution in [2.45, 2.75) is 6.42 Å². The van der Waals surface area contributed by atoms with Gasteiger partial charge in [0, 0.05) is 29.4 Å². The number of aromatic amines is 2. The van der Waals surface area contributed by atoms with Crippen LogP contribution in [0, 0.1) is 0 Å². The second-order valence-electron chi connectivity index (χ2n) is 3.96. The zero-order valence-corrected chi connectivity index (χ0v) is 9.10. The first kappa shape index (κ1) is 9.84. The number of imidazole rings is 1. The van der Waals surface area contributed by atoms with E-state index in [9.17, 15) is 4.79 Å². The molecule has 0 saturated carbocycles. The van der Waals surface area contributed by atoms with E-state index in [0.29, 0.717) is 6.42 Å². The Morgan fingerprint density at radius 3 is 2.94 bits per heavy atom. The molecule has 2 aromatic heterocycles. The maximum absolute atomic E-state index is 11.9. The number of para-hydroxylation sites is 1. The van der Waals surface area contributed by atoms with Crippen LogP contribution in [0.25, 0.3) is 10.9 Å². The van der Waals surface area contributed by atoms with Crippen molar-refractivity contribution >= 4 is 10.9 Å². The molecule has 0 saturated heterocycles. The van der Waals surface area contributed by atoms with Crippen LogP contribution in [0.5, 0.6) is 0 Å². The van der Waals surface area contributed by atoms with Gasteiger partial charge in [0.2, 0.25) is 0 Å². The molecule has 2 heterocycles. The molecule has 0 aliphatic carbocycles. The van der Waals surface area contributed by atoms with Gasteiger partial charge in [-0.05, 0) is 17.5 Å². The molecule has 0 fully saturated rings. The minimum absolute atomic E-state index is 0.0432. The lowest BCUT2D eigenvalue weighted by Crippen LogP contribution is -2.12. The molecular weight excluding hydrogens is 214 g/mol. The summed E-state index contributed by atoms with van der Waals surface area (Å²) in [4.78, 5) is 21.7. The summed E-state index contributed by atoms with van der Waals surface area (Å²) in [6.45, 7) is 0. The predicted octanol–water partition coefficient (Wildman–Crippen LogP) is 1.84. The molecule has 84 valence electrons. The van der Waals surface area contributed by atoms with E-state index in [1.807, 2.05) is 30.3 Å². The zero-order valence-electron chi connectivity index (χ0n) is 9.10. The molecule has 0 unspecified atom stereocenters. The second kappa shape index (κ2) is 3.90. The maximum Gasteiger partial charge on any atom is 0.252 e. The van der Waals surface area contributed by atoms with Crippen LogP contribution < -0.4 is 5.56 Å². The van der Waals surface area contributed by atoms with Crippen molar-refractivity contribution in [3.63, 3.8) is 0 Å². The first-order valence-corrected chi connectivity index (χ1v) is 5.41. The summed E-state index contributed by atoms with van der Waals surface area (Å²) in [5, 5.41) is 1.04. The molecule has 0 atom stereocenters. The van der Waals surface area contributed by atoms with Crippen molar-refractivity contribution < 1.29 is 0 Å². The average molecular weight is 225 g/mol. The van der Waals surface area contributed by atoms with Crippen molar-refractivity contribution in [1.29, 1.82) is 0 Å². The summed E-state index contributed by atoms with van der Waals surface area (Å²) < 4.78 is 0. The third-order valence-electron chi connectivity index (χ3n) is 2.77. The first-order chi connectivity index (χ1) is 8.33. The van der Waals surface area contributed by atoms with Crippen LogP contribution in [0.3, 0.4) is 0 Å². The van der Waals surface area contributed by atoms with E-state index in [4.69, 9.17) is 0 Å². The van der Waals surface area contributed by atoms with Gasteiger partial charge >= 0.3 is 0 Å². The molecule has 2 N–H and O–H groups in total. The highest BCUT2D eigenvalue weighted by atomic mass is 16.1. The van der Waals surface area contributed by atoms with Crippen molar-refractivity contribution in [2.75, 3.05) is 0 Å². The van der Waals surface area contributed by atoms with Gasteiger partial charge in [0.1, 0.15) is 0 Å². The molecule has 0 radical (unpaired) electrons. The lowest BCUT2D eigenvalue weighted by molar-refractivity contribution is 1.07. The van der Waals surface area contributed by atoms with Crippen LogP contribution in [0.1, 0.15) is 11.3 Å². The Bertz CT molecular complexity index is 698. The molecule has 3 rings (SSSR count). The maximum atomic E-state index is 11.9. The van der Waals surface area contributed by atoms with Gasteiger partial charge in [-0.3, -0.25) is 4.79 Å². The number of nitrogens with one attached hydrogen (secondary N) is 2. The molecular formula is C13H11N3O. The van der Waals surface area contributed by atoms with E-state index < -0.39 is 0 Å². The van der Waals surface area contributed by atoms with Crippen LogP contribution in [0.4, 0.5) is 0 Å². The topological polar surface area (TPSA) is 61.5 Å². The van der Waals surface area contributed by atoms with Crippen LogP contribution in [0.15, 0.2) is 47.7 Å². The van der Waals surface area contributed by atoms with Crippen molar-refractivity contribution in [3.05, 3.63) is 64.5 Å². The highest BCUT2D eigenvalue weighted by Crippen LogP contribution is 2.11. The largest absolute Gasteiger partial charge is 0.348 e. The Morgan fingerprint density at radius 2 is 2.12 bits per heavy atom. The number of rotatable bonds is 2. The summed E-state index contributed by atoms with van der Waals surface area (Å²) in [7, 11) is 0. The lowest BCUT2D eigenvalue weighted by atomic mass is 10.1. The highest BCUT2D eigenvalue weighted by molar-refractivity contribution is 5.78. The van der Waals surface area contributed by atoms with Crippen LogP contribution in [-0.2, 0) is 6.42 Å². The average Bonchev–Trinajstić information content (AvgIpc) is 2.83. The summed E-state index contributed by atoms with van der Waals surface area (Å²) in [5.74, 6) is 0. The summed E-state index contributed by atoms with van der Waals surface area (Å²) in [6, 6.07) is 9.68. The molecule has 0 amide bonds. The molecule has 0 aliphatic heterocycles.